The van der Waals surface area contributed by atoms with Gasteiger partial charge in [0.05, 0.1) is 0 Å². The first kappa shape index (κ1) is 8.02. The van der Waals surface area contributed by atoms with E-state index in [2.05, 4.69) is 4.58 Å². The molecule has 1 aliphatic carbocycles. The van der Waals surface area contributed by atoms with Gasteiger partial charge in [-0.25, -0.2) is 4.58 Å². The Morgan fingerprint density at radius 3 is 1.92 bits per heavy atom. The fourth-order valence-corrected chi connectivity index (χ4v) is 3.77. The highest BCUT2D eigenvalue weighted by Crippen LogP contribution is 2.36. The van der Waals surface area contributed by atoms with Crippen LogP contribution in [0.4, 0.5) is 0 Å². The maximum atomic E-state index is 2.74. The summed E-state index contributed by atoms with van der Waals surface area (Å²) in [5, 5.41) is 0. The third-order valence-corrected chi connectivity index (χ3v) is 4.27. The molecular formula is C12H20N+. The molecule has 0 aromatic carbocycles. The molecule has 13 heavy (non-hydrogen) atoms. The Bertz CT molecular complexity index is 220. The van der Waals surface area contributed by atoms with E-state index < -0.39 is 0 Å². The average molecular weight is 178 g/mol. The van der Waals surface area contributed by atoms with Crippen LogP contribution in [0.1, 0.15) is 44.9 Å². The summed E-state index contributed by atoms with van der Waals surface area (Å²) in [4.78, 5) is 0. The molecule has 3 aliphatic rings. The van der Waals surface area contributed by atoms with E-state index in [1.165, 1.54) is 58.0 Å². The summed E-state index contributed by atoms with van der Waals surface area (Å²) in [6.07, 6.45) is 10.4. The van der Waals surface area contributed by atoms with Crippen LogP contribution >= 0.6 is 0 Å². The van der Waals surface area contributed by atoms with Gasteiger partial charge in [0.1, 0.15) is 13.1 Å². The lowest BCUT2D eigenvalue weighted by Crippen LogP contribution is -2.44. The molecule has 72 valence electrons. The first-order valence-electron chi connectivity index (χ1n) is 6.07. The summed E-state index contributed by atoms with van der Waals surface area (Å²) in [5.74, 6) is 2.01. The van der Waals surface area contributed by atoms with E-state index in [0.29, 0.717) is 0 Å². The van der Waals surface area contributed by atoms with Crippen LogP contribution in [0.15, 0.2) is 0 Å². The van der Waals surface area contributed by atoms with E-state index in [1.807, 2.05) is 5.71 Å². The van der Waals surface area contributed by atoms with Crippen molar-refractivity contribution in [2.45, 2.75) is 44.9 Å². The number of hydrogen-bond acceptors (Lipinski definition) is 0. The molecule has 0 aromatic rings. The number of rotatable bonds is 0. The van der Waals surface area contributed by atoms with E-state index in [0.717, 1.165) is 11.8 Å². The minimum atomic E-state index is 1.01. The first-order valence-corrected chi connectivity index (χ1v) is 6.07. The zero-order chi connectivity index (χ0) is 8.67. The molecule has 1 saturated carbocycles. The summed E-state index contributed by atoms with van der Waals surface area (Å²) < 4.78 is 2.74. The summed E-state index contributed by atoms with van der Waals surface area (Å²) in [7, 11) is 0. The van der Waals surface area contributed by atoms with Crippen molar-refractivity contribution in [1.29, 1.82) is 0 Å². The van der Waals surface area contributed by atoms with Crippen molar-refractivity contribution in [2.75, 3.05) is 13.1 Å². The van der Waals surface area contributed by atoms with Crippen LogP contribution in [0.3, 0.4) is 0 Å². The Labute approximate surface area is 80.8 Å². The van der Waals surface area contributed by atoms with Crippen molar-refractivity contribution in [3.8, 4) is 0 Å². The Hall–Kier alpha value is -0.330. The summed E-state index contributed by atoms with van der Waals surface area (Å²) in [6.45, 7) is 2.75. The molecule has 0 N–H and O–H groups in total. The molecule has 1 fully saturated rings. The van der Waals surface area contributed by atoms with Gasteiger partial charge in [0, 0.05) is 24.7 Å². The molecule has 0 aromatic heterocycles. The molecule has 3 rings (SSSR count). The van der Waals surface area contributed by atoms with Crippen molar-refractivity contribution in [1.82, 2.24) is 0 Å². The van der Waals surface area contributed by atoms with E-state index in [4.69, 9.17) is 0 Å². The number of hydrogen-bond donors (Lipinski definition) is 0. The summed E-state index contributed by atoms with van der Waals surface area (Å²) in [5.41, 5.74) is 1.89. The molecule has 0 radical (unpaired) electrons. The van der Waals surface area contributed by atoms with Gasteiger partial charge in [-0.3, -0.25) is 0 Å². The van der Waals surface area contributed by atoms with Crippen molar-refractivity contribution < 1.29 is 4.58 Å². The van der Waals surface area contributed by atoms with Crippen LogP contribution in [0.2, 0.25) is 0 Å². The molecule has 0 amide bonds. The second kappa shape index (κ2) is 3.11. The third kappa shape index (κ3) is 1.24. The van der Waals surface area contributed by atoms with E-state index >= 15 is 0 Å². The Morgan fingerprint density at radius 1 is 0.769 bits per heavy atom. The first-order chi connectivity index (χ1) is 6.45. The predicted octanol–water partition coefficient (Wildman–Crippen LogP) is 2.44. The summed E-state index contributed by atoms with van der Waals surface area (Å²) in [6, 6.07) is 0. The monoisotopic (exact) mass is 178 g/mol. The summed E-state index contributed by atoms with van der Waals surface area (Å²) >= 11 is 0. The van der Waals surface area contributed by atoms with Crippen LogP contribution in [0.5, 0.6) is 0 Å². The van der Waals surface area contributed by atoms with Gasteiger partial charge in [-0.15, -0.1) is 0 Å². The van der Waals surface area contributed by atoms with Crippen molar-refractivity contribution in [2.24, 2.45) is 11.8 Å². The minimum Gasteiger partial charge on any atom is -0.237 e. The van der Waals surface area contributed by atoms with Crippen LogP contribution in [-0.4, -0.2) is 23.4 Å². The van der Waals surface area contributed by atoms with E-state index in [9.17, 15) is 0 Å². The fraction of sp³-hybridized carbons (Fsp3) is 0.917. The van der Waals surface area contributed by atoms with Gasteiger partial charge in [0.15, 0.2) is 5.71 Å². The lowest BCUT2D eigenvalue weighted by Gasteiger charge is -2.35. The largest absolute Gasteiger partial charge is 0.237 e. The van der Waals surface area contributed by atoms with E-state index in [-0.39, 0.29) is 0 Å². The second-order valence-electron chi connectivity index (χ2n) is 5.02. The quantitative estimate of drug-likeness (QED) is 0.501. The standard InChI is InChI=1S/C12H20N/c1-4-10-6-2-8-13-9-3-7-11(5-1)12(10)13/h10-11H,1-9H2/q+1/t10-,11-/m0/s1. The molecule has 2 atom stereocenters. The van der Waals surface area contributed by atoms with Crippen molar-refractivity contribution in [3.05, 3.63) is 0 Å². The molecule has 0 saturated heterocycles. The third-order valence-electron chi connectivity index (χ3n) is 4.27. The van der Waals surface area contributed by atoms with Crippen LogP contribution in [-0.2, 0) is 0 Å². The van der Waals surface area contributed by atoms with Gasteiger partial charge in [-0.2, -0.15) is 0 Å². The lowest BCUT2D eigenvalue weighted by molar-refractivity contribution is -0.543. The minimum absolute atomic E-state index is 1.01. The fourth-order valence-electron chi connectivity index (χ4n) is 3.77. The lowest BCUT2D eigenvalue weighted by atomic mass is 9.72. The van der Waals surface area contributed by atoms with Gasteiger partial charge in [-0.1, -0.05) is 6.42 Å². The Morgan fingerprint density at radius 2 is 1.31 bits per heavy atom. The maximum absolute atomic E-state index is 2.74. The predicted molar refractivity (Wildman–Crippen MR) is 54.3 cm³/mol. The van der Waals surface area contributed by atoms with Crippen LogP contribution in [0.25, 0.3) is 0 Å². The molecule has 2 aliphatic heterocycles. The molecular weight excluding hydrogens is 158 g/mol. The molecule has 1 heteroatoms. The van der Waals surface area contributed by atoms with Gasteiger partial charge >= 0.3 is 0 Å². The van der Waals surface area contributed by atoms with Crippen molar-refractivity contribution in [3.63, 3.8) is 0 Å². The molecule has 0 unspecified atom stereocenters. The second-order valence-corrected chi connectivity index (χ2v) is 5.02. The molecule has 1 nitrogen and oxygen atoms in total. The molecule has 0 bridgehead atoms. The van der Waals surface area contributed by atoms with Gasteiger partial charge < -0.3 is 0 Å². The van der Waals surface area contributed by atoms with E-state index in [1.54, 1.807) is 0 Å². The Balaban J connectivity index is 1.98. The van der Waals surface area contributed by atoms with Crippen molar-refractivity contribution >= 4 is 5.71 Å². The number of nitrogens with zero attached hydrogens (tertiary/aromatic N) is 1. The normalized spacial score (nSPS) is 38.8. The van der Waals surface area contributed by atoms with Gasteiger partial charge in [0.25, 0.3) is 0 Å². The average Bonchev–Trinajstić information content (AvgIpc) is 2.19. The highest BCUT2D eigenvalue weighted by atomic mass is 15.0. The van der Waals surface area contributed by atoms with Crippen LogP contribution < -0.4 is 0 Å². The van der Waals surface area contributed by atoms with Gasteiger partial charge in [-0.05, 0) is 25.7 Å². The SMILES string of the molecule is C1C[C@H]2CCC[N+]3=C2[C@@H](C1)CCC3. The maximum Gasteiger partial charge on any atom is 0.158 e. The topological polar surface area (TPSA) is 3.01 Å². The zero-order valence-corrected chi connectivity index (χ0v) is 8.47. The zero-order valence-electron chi connectivity index (χ0n) is 8.47. The van der Waals surface area contributed by atoms with Crippen LogP contribution in [0, 0.1) is 11.8 Å². The van der Waals surface area contributed by atoms with Gasteiger partial charge in [0.2, 0.25) is 0 Å². The highest BCUT2D eigenvalue weighted by molar-refractivity contribution is 5.85. The Kier molecular flexibility index (Phi) is 1.92. The molecule has 0 spiro atoms. The molecule has 2 heterocycles. The highest BCUT2D eigenvalue weighted by Gasteiger charge is 2.40. The smallest absolute Gasteiger partial charge is 0.158 e.